The van der Waals surface area contributed by atoms with E-state index in [0.717, 1.165) is 12.5 Å². The third-order valence-corrected chi connectivity index (χ3v) is 5.02. The lowest BCUT2D eigenvalue weighted by atomic mass is 10.1. The van der Waals surface area contributed by atoms with Crippen molar-refractivity contribution in [1.29, 1.82) is 0 Å². The molecule has 1 aromatic rings. The van der Waals surface area contributed by atoms with Gasteiger partial charge in [0.2, 0.25) is 10.0 Å². The molecule has 0 spiro atoms. The average molecular weight is 287 g/mol. The van der Waals surface area contributed by atoms with Crippen LogP contribution < -0.4 is 4.72 Å². The second-order valence-corrected chi connectivity index (χ2v) is 6.37. The summed E-state index contributed by atoms with van der Waals surface area (Å²) in [5.41, 5.74) is 0.402. The van der Waals surface area contributed by atoms with Gasteiger partial charge in [-0.25, -0.2) is 17.5 Å². The molecule has 0 radical (unpaired) electrons. The van der Waals surface area contributed by atoms with Crippen LogP contribution in [0.3, 0.4) is 0 Å². The Balaban J connectivity index is 2.28. The Kier molecular flexibility index (Phi) is 4.23. The highest BCUT2D eigenvalue weighted by Gasteiger charge is 2.32. The molecule has 0 amide bonds. The summed E-state index contributed by atoms with van der Waals surface area (Å²) in [6.45, 7) is 4.05. The summed E-state index contributed by atoms with van der Waals surface area (Å²) in [6, 6.07) is 3.95. The Morgan fingerprint density at radius 2 is 2.21 bits per heavy atom. The van der Waals surface area contributed by atoms with Gasteiger partial charge in [0.25, 0.3) is 0 Å². The van der Waals surface area contributed by atoms with Crippen LogP contribution in [0, 0.1) is 12.7 Å². The minimum Gasteiger partial charge on any atom is -0.377 e. The number of ether oxygens (including phenoxy) is 1. The normalized spacial score (nSPS) is 23.7. The van der Waals surface area contributed by atoms with Gasteiger partial charge in [-0.05, 0) is 31.4 Å². The van der Waals surface area contributed by atoms with Crippen molar-refractivity contribution in [2.75, 3.05) is 6.61 Å². The minimum atomic E-state index is -3.85. The van der Waals surface area contributed by atoms with Crippen LogP contribution in [0.5, 0.6) is 0 Å². The van der Waals surface area contributed by atoms with Gasteiger partial charge in [-0.1, -0.05) is 19.1 Å². The number of benzene rings is 1. The van der Waals surface area contributed by atoms with Crippen LogP contribution in [-0.4, -0.2) is 27.2 Å². The summed E-state index contributed by atoms with van der Waals surface area (Å²) in [5, 5.41) is 0. The van der Waals surface area contributed by atoms with E-state index in [1.807, 2.05) is 6.92 Å². The van der Waals surface area contributed by atoms with Crippen molar-refractivity contribution in [3.05, 3.63) is 29.6 Å². The number of halogens is 1. The summed E-state index contributed by atoms with van der Waals surface area (Å²) in [4.78, 5) is -0.267. The van der Waals surface area contributed by atoms with E-state index in [-0.39, 0.29) is 17.0 Å². The zero-order valence-electron chi connectivity index (χ0n) is 11.0. The Labute approximate surface area is 113 Å². The molecule has 0 aliphatic carbocycles. The standard InChI is InChI=1S/C13H18FNO3S/c1-3-12-11(7-8-18-12)15-19(16,17)13-9(2)5-4-6-10(13)14/h4-6,11-12,15H,3,7-8H2,1-2H3/t11-,12+/m1/s1. The van der Waals surface area contributed by atoms with Gasteiger partial charge < -0.3 is 4.74 Å². The van der Waals surface area contributed by atoms with Gasteiger partial charge in [-0.3, -0.25) is 0 Å². The van der Waals surface area contributed by atoms with Crippen LogP contribution >= 0.6 is 0 Å². The molecule has 2 atom stereocenters. The van der Waals surface area contributed by atoms with Crippen molar-refractivity contribution in [2.45, 2.75) is 43.7 Å². The van der Waals surface area contributed by atoms with Gasteiger partial charge in [0.05, 0.1) is 12.1 Å². The maximum atomic E-state index is 13.7. The van der Waals surface area contributed by atoms with Crippen LogP contribution in [0.1, 0.15) is 25.3 Å². The second-order valence-electron chi connectivity index (χ2n) is 4.72. The Bertz CT molecular complexity index is 539. The van der Waals surface area contributed by atoms with Gasteiger partial charge in [-0.2, -0.15) is 0 Å². The first-order valence-corrected chi connectivity index (χ1v) is 7.83. The highest BCUT2D eigenvalue weighted by molar-refractivity contribution is 7.89. The van der Waals surface area contributed by atoms with E-state index in [0.29, 0.717) is 18.6 Å². The van der Waals surface area contributed by atoms with Crippen LogP contribution in [0.25, 0.3) is 0 Å². The number of hydrogen-bond donors (Lipinski definition) is 1. The zero-order chi connectivity index (χ0) is 14.0. The van der Waals surface area contributed by atoms with E-state index in [1.165, 1.54) is 6.07 Å². The molecule has 0 unspecified atom stereocenters. The van der Waals surface area contributed by atoms with Gasteiger partial charge in [0.15, 0.2) is 0 Å². The number of nitrogens with one attached hydrogen (secondary N) is 1. The highest BCUT2D eigenvalue weighted by atomic mass is 32.2. The van der Waals surface area contributed by atoms with Crippen molar-refractivity contribution in [2.24, 2.45) is 0 Å². The highest BCUT2D eigenvalue weighted by Crippen LogP contribution is 2.22. The molecule has 0 bridgehead atoms. The molecule has 0 saturated carbocycles. The van der Waals surface area contributed by atoms with E-state index in [2.05, 4.69) is 4.72 Å². The van der Waals surface area contributed by atoms with E-state index in [1.54, 1.807) is 13.0 Å². The first kappa shape index (κ1) is 14.4. The summed E-state index contributed by atoms with van der Waals surface area (Å²) in [6.07, 6.45) is 1.20. The van der Waals surface area contributed by atoms with Crippen LogP contribution in [0.4, 0.5) is 4.39 Å². The number of rotatable bonds is 4. The van der Waals surface area contributed by atoms with Crippen LogP contribution in [0.2, 0.25) is 0 Å². The predicted molar refractivity (Wildman–Crippen MR) is 69.9 cm³/mol. The lowest BCUT2D eigenvalue weighted by molar-refractivity contribution is 0.0989. The van der Waals surface area contributed by atoms with E-state index in [4.69, 9.17) is 4.74 Å². The largest absolute Gasteiger partial charge is 0.377 e. The summed E-state index contributed by atoms with van der Waals surface area (Å²) in [7, 11) is -3.85. The molecular formula is C13H18FNO3S. The third-order valence-electron chi connectivity index (χ3n) is 3.35. The molecule has 2 rings (SSSR count). The molecule has 1 heterocycles. The molecule has 19 heavy (non-hydrogen) atoms. The summed E-state index contributed by atoms with van der Waals surface area (Å²) in [5.74, 6) is -0.723. The first-order valence-electron chi connectivity index (χ1n) is 6.34. The fourth-order valence-electron chi connectivity index (χ4n) is 2.40. The van der Waals surface area contributed by atoms with E-state index < -0.39 is 15.8 Å². The van der Waals surface area contributed by atoms with Crippen molar-refractivity contribution >= 4 is 10.0 Å². The van der Waals surface area contributed by atoms with Gasteiger partial charge >= 0.3 is 0 Å². The summed E-state index contributed by atoms with van der Waals surface area (Å²) < 4.78 is 46.3. The molecule has 1 N–H and O–H groups in total. The Morgan fingerprint density at radius 3 is 2.84 bits per heavy atom. The number of sulfonamides is 1. The molecule has 4 nitrogen and oxygen atoms in total. The maximum absolute atomic E-state index is 13.7. The molecule has 1 aromatic carbocycles. The average Bonchev–Trinajstić information content (AvgIpc) is 2.74. The van der Waals surface area contributed by atoms with E-state index in [9.17, 15) is 12.8 Å². The second kappa shape index (κ2) is 5.56. The van der Waals surface area contributed by atoms with Crippen LogP contribution in [-0.2, 0) is 14.8 Å². The van der Waals surface area contributed by atoms with Crippen molar-refractivity contribution in [3.63, 3.8) is 0 Å². The fourth-order valence-corrected chi connectivity index (χ4v) is 4.00. The topological polar surface area (TPSA) is 55.4 Å². The lowest BCUT2D eigenvalue weighted by Crippen LogP contribution is -2.40. The molecule has 1 fully saturated rings. The van der Waals surface area contributed by atoms with E-state index >= 15 is 0 Å². The predicted octanol–water partition coefficient (Wildman–Crippen LogP) is 1.98. The zero-order valence-corrected chi connectivity index (χ0v) is 11.8. The minimum absolute atomic E-state index is 0.137. The molecule has 1 aliphatic rings. The number of aryl methyl sites for hydroxylation is 1. The SMILES string of the molecule is CC[C@@H]1OCC[C@H]1NS(=O)(=O)c1c(C)cccc1F. The smallest absolute Gasteiger partial charge is 0.244 e. The molecule has 1 saturated heterocycles. The van der Waals surface area contributed by atoms with Gasteiger partial charge in [0.1, 0.15) is 10.7 Å². The maximum Gasteiger partial charge on any atom is 0.244 e. The van der Waals surface area contributed by atoms with Gasteiger partial charge in [-0.15, -0.1) is 0 Å². The monoisotopic (exact) mass is 287 g/mol. The molecule has 0 aromatic heterocycles. The quantitative estimate of drug-likeness (QED) is 0.921. The molecular weight excluding hydrogens is 269 g/mol. The van der Waals surface area contributed by atoms with Crippen molar-refractivity contribution in [3.8, 4) is 0 Å². The van der Waals surface area contributed by atoms with Gasteiger partial charge in [0, 0.05) is 6.61 Å². The Morgan fingerprint density at radius 1 is 1.47 bits per heavy atom. The van der Waals surface area contributed by atoms with Crippen molar-refractivity contribution < 1.29 is 17.5 Å². The molecule has 106 valence electrons. The fraction of sp³-hybridized carbons (Fsp3) is 0.538. The first-order chi connectivity index (χ1) is 8.95. The third kappa shape index (κ3) is 2.96. The summed E-state index contributed by atoms with van der Waals surface area (Å²) >= 11 is 0. The Hall–Kier alpha value is -0.980. The number of hydrogen-bond acceptors (Lipinski definition) is 3. The van der Waals surface area contributed by atoms with Crippen LogP contribution in [0.15, 0.2) is 23.1 Å². The molecule has 1 aliphatic heterocycles. The molecule has 6 heteroatoms. The lowest BCUT2D eigenvalue weighted by Gasteiger charge is -2.19. The van der Waals surface area contributed by atoms with Crippen molar-refractivity contribution in [1.82, 2.24) is 4.72 Å².